The third-order valence-electron chi connectivity index (χ3n) is 3.50. The molecule has 0 saturated heterocycles. The van der Waals surface area contributed by atoms with E-state index in [1.54, 1.807) is 0 Å². The van der Waals surface area contributed by atoms with Crippen molar-refractivity contribution >= 4 is 38.4 Å². The highest BCUT2D eigenvalue weighted by molar-refractivity contribution is 9.10. The molecule has 3 aromatic rings. The lowest BCUT2D eigenvalue weighted by atomic mass is 10.1. The number of carbonyl (C=O) groups excluding carboxylic acids is 1. The highest BCUT2D eigenvalue weighted by atomic mass is 79.9. The van der Waals surface area contributed by atoms with Crippen molar-refractivity contribution in [1.29, 1.82) is 0 Å². The fourth-order valence-electron chi connectivity index (χ4n) is 2.53. The maximum atomic E-state index is 12.6. The Kier molecular flexibility index (Phi) is 3.55. The number of H-pyrrole nitrogens is 1. The molecule has 2 N–H and O–H groups in total. The summed E-state index contributed by atoms with van der Waals surface area (Å²) in [7, 11) is 0. The van der Waals surface area contributed by atoms with Crippen LogP contribution < -0.4 is 5.32 Å². The van der Waals surface area contributed by atoms with Gasteiger partial charge in [0.1, 0.15) is 0 Å². The minimum Gasteiger partial charge on any atom is -0.361 e. The van der Waals surface area contributed by atoms with Gasteiger partial charge in [0.15, 0.2) is 0 Å². The van der Waals surface area contributed by atoms with Gasteiger partial charge in [-0.25, -0.2) is 0 Å². The van der Waals surface area contributed by atoms with Crippen LogP contribution in [0.3, 0.4) is 0 Å². The van der Waals surface area contributed by atoms with Gasteiger partial charge in [-0.2, -0.15) is 0 Å². The van der Waals surface area contributed by atoms with Crippen molar-refractivity contribution in [2.75, 3.05) is 5.32 Å². The van der Waals surface area contributed by atoms with Crippen molar-refractivity contribution in [2.24, 2.45) is 0 Å². The number of nitrogens with one attached hydrogen (secondary N) is 2. The van der Waals surface area contributed by atoms with Crippen LogP contribution in [0.1, 0.15) is 21.5 Å². The highest BCUT2D eigenvalue weighted by Gasteiger charge is 2.14. The number of anilines is 1. The van der Waals surface area contributed by atoms with E-state index in [0.717, 1.165) is 32.2 Å². The Bertz CT molecular complexity index is 813. The fourth-order valence-corrected chi connectivity index (χ4v) is 3.30. The van der Waals surface area contributed by atoms with E-state index in [9.17, 15) is 4.79 Å². The Morgan fingerprint density at radius 2 is 2.00 bits per heavy atom. The topological polar surface area (TPSA) is 44.9 Å². The molecule has 21 heavy (non-hydrogen) atoms. The van der Waals surface area contributed by atoms with Gasteiger partial charge >= 0.3 is 0 Å². The molecule has 0 aliphatic carbocycles. The van der Waals surface area contributed by atoms with Gasteiger partial charge in [-0.15, -0.1) is 0 Å². The molecule has 3 nitrogen and oxygen atoms in total. The molecule has 1 aromatic heterocycles. The number of halogens is 1. The van der Waals surface area contributed by atoms with Crippen molar-refractivity contribution in [3.8, 4) is 0 Å². The second kappa shape index (κ2) is 5.37. The second-order valence-corrected chi connectivity index (χ2v) is 5.99. The Morgan fingerprint density at radius 3 is 2.76 bits per heavy atom. The van der Waals surface area contributed by atoms with Crippen LogP contribution in [0.2, 0.25) is 0 Å². The lowest BCUT2D eigenvalue weighted by Gasteiger charge is -2.12. The number of benzene rings is 2. The molecular formula is C17H15BrN2O. The first-order chi connectivity index (χ1) is 10.1. The standard InChI is InChI=1S/C17H15BrN2O/c1-10-8-11(2)15(14(18)9-10)20-17(21)13-5-3-4-12-6-7-19-16(12)13/h3-9,19H,1-2H3,(H,20,21). The summed E-state index contributed by atoms with van der Waals surface area (Å²) < 4.78 is 0.895. The minimum atomic E-state index is -0.115. The van der Waals surface area contributed by atoms with Crippen molar-refractivity contribution < 1.29 is 4.79 Å². The van der Waals surface area contributed by atoms with Crippen molar-refractivity contribution in [2.45, 2.75) is 13.8 Å². The van der Waals surface area contributed by atoms with E-state index >= 15 is 0 Å². The average molecular weight is 343 g/mol. The van der Waals surface area contributed by atoms with Gasteiger partial charge in [-0.1, -0.05) is 18.2 Å². The summed E-state index contributed by atoms with van der Waals surface area (Å²) in [6.45, 7) is 4.02. The number of fused-ring (bicyclic) bond motifs is 1. The maximum Gasteiger partial charge on any atom is 0.257 e. The van der Waals surface area contributed by atoms with E-state index in [2.05, 4.69) is 32.3 Å². The Hall–Kier alpha value is -2.07. The van der Waals surface area contributed by atoms with Crippen molar-refractivity contribution in [3.05, 3.63) is 63.8 Å². The lowest BCUT2D eigenvalue weighted by molar-refractivity contribution is 0.102. The van der Waals surface area contributed by atoms with E-state index in [-0.39, 0.29) is 5.91 Å². The summed E-state index contributed by atoms with van der Waals surface area (Å²) in [4.78, 5) is 15.7. The van der Waals surface area contributed by atoms with Crippen LogP contribution in [-0.4, -0.2) is 10.9 Å². The lowest BCUT2D eigenvalue weighted by Crippen LogP contribution is -2.14. The molecule has 0 fully saturated rings. The molecule has 2 aromatic carbocycles. The molecule has 0 unspecified atom stereocenters. The van der Waals surface area contributed by atoms with Crippen LogP contribution in [0, 0.1) is 13.8 Å². The molecule has 0 saturated carbocycles. The van der Waals surface area contributed by atoms with Gasteiger partial charge in [0.2, 0.25) is 0 Å². The smallest absolute Gasteiger partial charge is 0.257 e. The first-order valence-corrected chi connectivity index (χ1v) is 7.50. The van der Waals surface area contributed by atoms with Gasteiger partial charge in [0.25, 0.3) is 5.91 Å². The maximum absolute atomic E-state index is 12.6. The molecule has 3 rings (SSSR count). The van der Waals surface area contributed by atoms with Crippen molar-refractivity contribution in [1.82, 2.24) is 4.98 Å². The summed E-state index contributed by atoms with van der Waals surface area (Å²) in [5, 5.41) is 4.03. The summed E-state index contributed by atoms with van der Waals surface area (Å²) >= 11 is 3.52. The number of para-hydroxylation sites is 1. The number of hydrogen-bond acceptors (Lipinski definition) is 1. The molecule has 0 radical (unpaired) electrons. The molecule has 4 heteroatoms. The van der Waals surface area contributed by atoms with Gasteiger partial charge in [-0.05, 0) is 59.1 Å². The molecule has 1 amide bonds. The van der Waals surface area contributed by atoms with E-state index < -0.39 is 0 Å². The molecule has 0 bridgehead atoms. The van der Waals surface area contributed by atoms with E-state index in [0.29, 0.717) is 5.56 Å². The molecule has 0 atom stereocenters. The summed E-state index contributed by atoms with van der Waals surface area (Å²) in [5.41, 5.74) is 4.51. The first kappa shape index (κ1) is 13.9. The molecular weight excluding hydrogens is 328 g/mol. The van der Waals surface area contributed by atoms with Crippen molar-refractivity contribution in [3.63, 3.8) is 0 Å². The monoisotopic (exact) mass is 342 g/mol. The number of amides is 1. The number of carbonyl (C=O) groups is 1. The van der Waals surface area contributed by atoms with Crippen LogP contribution in [0.15, 0.2) is 47.1 Å². The highest BCUT2D eigenvalue weighted by Crippen LogP contribution is 2.29. The number of hydrogen-bond donors (Lipinski definition) is 2. The number of aromatic nitrogens is 1. The molecule has 1 heterocycles. The molecule has 0 aliphatic heterocycles. The van der Waals surface area contributed by atoms with E-state index in [1.165, 1.54) is 0 Å². The third kappa shape index (κ3) is 2.59. The summed E-state index contributed by atoms with van der Waals surface area (Å²) in [5.74, 6) is -0.115. The molecule has 106 valence electrons. The summed E-state index contributed by atoms with van der Waals surface area (Å²) in [6, 6.07) is 11.7. The Morgan fingerprint density at radius 1 is 1.19 bits per heavy atom. The number of aromatic amines is 1. The first-order valence-electron chi connectivity index (χ1n) is 6.70. The predicted molar refractivity (Wildman–Crippen MR) is 89.9 cm³/mol. The van der Waals surface area contributed by atoms with Gasteiger partial charge in [0, 0.05) is 16.1 Å². The zero-order chi connectivity index (χ0) is 15.0. The zero-order valence-corrected chi connectivity index (χ0v) is 13.4. The quantitative estimate of drug-likeness (QED) is 0.690. The minimum absolute atomic E-state index is 0.115. The van der Waals surface area contributed by atoms with Crippen LogP contribution in [-0.2, 0) is 0 Å². The average Bonchev–Trinajstić information content (AvgIpc) is 2.90. The normalized spacial score (nSPS) is 10.8. The number of rotatable bonds is 2. The second-order valence-electron chi connectivity index (χ2n) is 5.14. The van der Waals surface area contributed by atoms with Crippen LogP contribution >= 0.6 is 15.9 Å². The Labute approximate surface area is 131 Å². The molecule has 0 aliphatic rings. The largest absolute Gasteiger partial charge is 0.361 e. The van der Waals surface area contributed by atoms with Crippen LogP contribution in [0.25, 0.3) is 10.9 Å². The predicted octanol–water partition coefficient (Wildman–Crippen LogP) is 4.80. The van der Waals surface area contributed by atoms with Gasteiger partial charge in [0.05, 0.1) is 16.8 Å². The summed E-state index contributed by atoms with van der Waals surface area (Å²) in [6.07, 6.45) is 1.84. The van der Waals surface area contributed by atoms with Gasteiger partial charge in [-0.3, -0.25) is 4.79 Å². The molecule has 0 spiro atoms. The zero-order valence-electron chi connectivity index (χ0n) is 11.8. The SMILES string of the molecule is Cc1cc(C)c(NC(=O)c2cccc3cc[nH]c23)c(Br)c1. The van der Waals surface area contributed by atoms with Crippen LogP contribution in [0.4, 0.5) is 5.69 Å². The van der Waals surface area contributed by atoms with Crippen LogP contribution in [0.5, 0.6) is 0 Å². The van der Waals surface area contributed by atoms with Gasteiger partial charge < -0.3 is 10.3 Å². The Balaban J connectivity index is 1.99. The van der Waals surface area contributed by atoms with E-state index in [4.69, 9.17) is 0 Å². The third-order valence-corrected chi connectivity index (χ3v) is 4.13. The number of aryl methyl sites for hydroxylation is 2. The fraction of sp³-hybridized carbons (Fsp3) is 0.118. The van der Waals surface area contributed by atoms with E-state index in [1.807, 2.05) is 50.4 Å².